The normalized spacial score (nSPS) is 10.2. The number of hydrogen-bond donors (Lipinski definition) is 2. The third kappa shape index (κ3) is 1.26. The van der Waals surface area contributed by atoms with E-state index in [0.717, 1.165) is 0 Å². The van der Waals surface area contributed by atoms with E-state index in [2.05, 4.69) is 10.2 Å². The first-order valence-electron chi connectivity index (χ1n) is 3.76. The SMILES string of the molecule is Oc1cn[nH]c1-c1ccccc1F. The standard InChI is InChI=1S/C9H7FN2O/c10-7-4-2-1-3-6(7)9-8(13)5-11-12-9/h1-5,13H,(H,11,12). The molecule has 2 rings (SSSR count). The average molecular weight is 178 g/mol. The molecular weight excluding hydrogens is 171 g/mol. The van der Waals surface area contributed by atoms with Gasteiger partial charge < -0.3 is 5.11 Å². The molecule has 2 aromatic rings. The molecule has 0 bridgehead atoms. The first-order chi connectivity index (χ1) is 6.29. The summed E-state index contributed by atoms with van der Waals surface area (Å²) in [6.45, 7) is 0. The summed E-state index contributed by atoms with van der Waals surface area (Å²) in [4.78, 5) is 0. The van der Waals surface area contributed by atoms with Gasteiger partial charge in [0, 0.05) is 5.56 Å². The van der Waals surface area contributed by atoms with E-state index in [4.69, 9.17) is 0 Å². The van der Waals surface area contributed by atoms with E-state index in [1.165, 1.54) is 12.3 Å². The Morgan fingerprint density at radius 3 is 2.69 bits per heavy atom. The second-order valence-electron chi connectivity index (χ2n) is 2.61. The van der Waals surface area contributed by atoms with Crippen molar-refractivity contribution in [3.8, 4) is 17.0 Å². The highest BCUT2D eigenvalue weighted by atomic mass is 19.1. The fourth-order valence-electron chi connectivity index (χ4n) is 1.14. The van der Waals surface area contributed by atoms with Gasteiger partial charge in [-0.2, -0.15) is 5.10 Å². The van der Waals surface area contributed by atoms with E-state index < -0.39 is 0 Å². The third-order valence-electron chi connectivity index (χ3n) is 1.76. The van der Waals surface area contributed by atoms with Crippen LogP contribution in [-0.2, 0) is 0 Å². The first kappa shape index (κ1) is 7.79. The Labute approximate surface area is 73.8 Å². The predicted molar refractivity (Wildman–Crippen MR) is 45.6 cm³/mol. The zero-order valence-corrected chi connectivity index (χ0v) is 6.66. The molecule has 0 amide bonds. The van der Waals surface area contributed by atoms with E-state index in [1.54, 1.807) is 18.2 Å². The largest absolute Gasteiger partial charge is 0.504 e. The van der Waals surface area contributed by atoms with Crippen LogP contribution >= 0.6 is 0 Å². The topological polar surface area (TPSA) is 48.9 Å². The number of rotatable bonds is 1. The molecule has 0 saturated carbocycles. The van der Waals surface area contributed by atoms with Crippen LogP contribution in [-0.4, -0.2) is 15.3 Å². The van der Waals surface area contributed by atoms with Gasteiger partial charge in [0.2, 0.25) is 0 Å². The summed E-state index contributed by atoms with van der Waals surface area (Å²) >= 11 is 0. The van der Waals surface area contributed by atoms with Gasteiger partial charge in [-0.1, -0.05) is 12.1 Å². The Morgan fingerprint density at radius 1 is 1.31 bits per heavy atom. The maximum atomic E-state index is 13.2. The first-order valence-corrected chi connectivity index (χ1v) is 3.76. The molecule has 0 radical (unpaired) electrons. The van der Waals surface area contributed by atoms with Crippen molar-refractivity contribution in [1.82, 2.24) is 10.2 Å². The van der Waals surface area contributed by atoms with Crippen LogP contribution < -0.4 is 0 Å². The fraction of sp³-hybridized carbons (Fsp3) is 0. The number of halogens is 1. The minimum absolute atomic E-state index is 0.0508. The van der Waals surface area contributed by atoms with Gasteiger partial charge in [0.05, 0.1) is 6.20 Å². The van der Waals surface area contributed by atoms with Gasteiger partial charge in [-0.15, -0.1) is 0 Å². The number of aromatic hydroxyl groups is 1. The molecule has 0 spiro atoms. The van der Waals surface area contributed by atoms with Crippen molar-refractivity contribution < 1.29 is 9.50 Å². The van der Waals surface area contributed by atoms with Gasteiger partial charge >= 0.3 is 0 Å². The maximum absolute atomic E-state index is 13.2. The summed E-state index contributed by atoms with van der Waals surface area (Å²) in [6.07, 6.45) is 1.24. The van der Waals surface area contributed by atoms with E-state index >= 15 is 0 Å². The van der Waals surface area contributed by atoms with Crippen LogP contribution in [0, 0.1) is 5.82 Å². The summed E-state index contributed by atoms with van der Waals surface area (Å²) in [7, 11) is 0. The molecule has 13 heavy (non-hydrogen) atoms. The van der Waals surface area contributed by atoms with E-state index in [9.17, 15) is 9.50 Å². The van der Waals surface area contributed by atoms with E-state index in [-0.39, 0.29) is 11.6 Å². The number of H-pyrrole nitrogens is 1. The monoisotopic (exact) mass is 178 g/mol. The van der Waals surface area contributed by atoms with Crippen LogP contribution in [0.2, 0.25) is 0 Å². The van der Waals surface area contributed by atoms with Crippen molar-refractivity contribution in [2.24, 2.45) is 0 Å². The Hall–Kier alpha value is -1.84. The number of hydrogen-bond acceptors (Lipinski definition) is 2. The highest BCUT2D eigenvalue weighted by Gasteiger charge is 2.09. The minimum atomic E-state index is -0.387. The highest BCUT2D eigenvalue weighted by Crippen LogP contribution is 2.27. The zero-order valence-electron chi connectivity index (χ0n) is 6.66. The van der Waals surface area contributed by atoms with Gasteiger partial charge in [0.25, 0.3) is 0 Å². The van der Waals surface area contributed by atoms with Crippen molar-refractivity contribution in [2.75, 3.05) is 0 Å². The number of aromatic amines is 1. The van der Waals surface area contributed by atoms with Crippen molar-refractivity contribution in [2.45, 2.75) is 0 Å². The highest BCUT2D eigenvalue weighted by molar-refractivity contribution is 5.65. The minimum Gasteiger partial charge on any atom is -0.504 e. The molecule has 1 aromatic heterocycles. The van der Waals surface area contributed by atoms with E-state index in [0.29, 0.717) is 11.3 Å². The molecule has 0 fully saturated rings. The molecule has 1 aromatic carbocycles. The molecule has 1 heterocycles. The Morgan fingerprint density at radius 2 is 2.08 bits per heavy atom. The summed E-state index contributed by atoms with van der Waals surface area (Å²) in [5, 5.41) is 15.4. The Kier molecular flexibility index (Phi) is 1.73. The van der Waals surface area contributed by atoms with Crippen LogP contribution in [0.5, 0.6) is 5.75 Å². The molecule has 3 nitrogen and oxygen atoms in total. The fourth-order valence-corrected chi connectivity index (χ4v) is 1.14. The lowest BCUT2D eigenvalue weighted by Gasteiger charge is -1.99. The van der Waals surface area contributed by atoms with Gasteiger partial charge in [-0.25, -0.2) is 4.39 Å². The van der Waals surface area contributed by atoms with Crippen molar-refractivity contribution >= 4 is 0 Å². The summed E-state index contributed by atoms with van der Waals surface area (Å²) in [6, 6.07) is 6.18. The number of aromatic nitrogens is 2. The van der Waals surface area contributed by atoms with Crippen LogP contribution in [0.15, 0.2) is 30.5 Å². The van der Waals surface area contributed by atoms with Crippen molar-refractivity contribution in [3.05, 3.63) is 36.3 Å². The van der Waals surface area contributed by atoms with Crippen molar-refractivity contribution in [3.63, 3.8) is 0 Å². The molecule has 66 valence electrons. The van der Waals surface area contributed by atoms with E-state index in [1.807, 2.05) is 0 Å². The maximum Gasteiger partial charge on any atom is 0.161 e. The molecule has 0 aliphatic heterocycles. The second kappa shape index (κ2) is 2.90. The molecule has 0 aliphatic carbocycles. The third-order valence-corrected chi connectivity index (χ3v) is 1.76. The molecule has 0 saturated heterocycles. The number of nitrogens with zero attached hydrogens (tertiary/aromatic N) is 1. The van der Waals surface area contributed by atoms with Gasteiger partial charge in [-0.3, -0.25) is 5.10 Å². The van der Waals surface area contributed by atoms with Crippen LogP contribution in [0.1, 0.15) is 0 Å². The molecule has 0 unspecified atom stereocenters. The lowest BCUT2D eigenvalue weighted by molar-refractivity contribution is 0.477. The second-order valence-corrected chi connectivity index (χ2v) is 2.61. The van der Waals surface area contributed by atoms with Crippen LogP contribution in [0.25, 0.3) is 11.3 Å². The van der Waals surface area contributed by atoms with Crippen LogP contribution in [0.3, 0.4) is 0 Å². The Balaban J connectivity index is 2.59. The van der Waals surface area contributed by atoms with Crippen LogP contribution in [0.4, 0.5) is 4.39 Å². The predicted octanol–water partition coefficient (Wildman–Crippen LogP) is 1.92. The molecule has 0 atom stereocenters. The quantitative estimate of drug-likeness (QED) is 0.700. The summed E-state index contributed by atoms with van der Waals surface area (Å²) in [5.74, 6) is -0.438. The summed E-state index contributed by atoms with van der Waals surface area (Å²) < 4.78 is 13.2. The molecular formula is C9H7FN2O. The zero-order chi connectivity index (χ0) is 9.26. The molecule has 0 aliphatic rings. The molecule has 2 N–H and O–H groups in total. The summed E-state index contributed by atoms with van der Waals surface area (Å²) in [5.41, 5.74) is 0.621. The number of benzene rings is 1. The Bertz CT molecular complexity index is 425. The molecule has 4 heteroatoms. The lowest BCUT2D eigenvalue weighted by Crippen LogP contribution is -1.83. The van der Waals surface area contributed by atoms with Gasteiger partial charge in [0.1, 0.15) is 11.5 Å². The smallest absolute Gasteiger partial charge is 0.161 e. The van der Waals surface area contributed by atoms with Gasteiger partial charge in [-0.05, 0) is 12.1 Å². The average Bonchev–Trinajstić information content (AvgIpc) is 2.52. The lowest BCUT2D eigenvalue weighted by atomic mass is 10.1. The number of nitrogens with one attached hydrogen (secondary N) is 1. The van der Waals surface area contributed by atoms with Crippen molar-refractivity contribution in [1.29, 1.82) is 0 Å². The van der Waals surface area contributed by atoms with Gasteiger partial charge in [0.15, 0.2) is 5.75 Å².